The van der Waals surface area contributed by atoms with E-state index >= 15 is 0 Å². The van der Waals surface area contributed by atoms with E-state index in [0.717, 1.165) is 5.56 Å². The molecule has 0 unspecified atom stereocenters. The van der Waals surface area contributed by atoms with Crippen molar-refractivity contribution in [2.75, 3.05) is 18.6 Å². The summed E-state index contributed by atoms with van der Waals surface area (Å²) >= 11 is 4.05. The van der Waals surface area contributed by atoms with Crippen LogP contribution in [-0.4, -0.2) is 18.8 Å². The number of nitrogen functional groups attached to an aromatic ring is 1. The van der Waals surface area contributed by atoms with E-state index in [1.807, 2.05) is 18.2 Å². The van der Waals surface area contributed by atoms with Crippen molar-refractivity contribution in [3.8, 4) is 0 Å². The Balaban J connectivity index is 3.05. The Morgan fingerprint density at radius 3 is 2.93 bits per heavy atom. The van der Waals surface area contributed by atoms with Crippen molar-refractivity contribution in [2.24, 2.45) is 0 Å². The maximum absolute atomic E-state index is 11.3. The lowest BCUT2D eigenvalue weighted by molar-refractivity contribution is 0.0602. The van der Waals surface area contributed by atoms with Crippen LogP contribution in [0, 0.1) is 0 Å². The predicted molar refractivity (Wildman–Crippen MR) is 65.1 cm³/mol. The van der Waals surface area contributed by atoms with Crippen LogP contribution in [0.3, 0.4) is 0 Å². The topological polar surface area (TPSA) is 52.3 Å². The van der Waals surface area contributed by atoms with Gasteiger partial charge in [0, 0.05) is 11.4 Å². The number of methoxy groups -OCH3 is 1. The van der Waals surface area contributed by atoms with Gasteiger partial charge in [0.2, 0.25) is 0 Å². The Morgan fingerprint density at radius 1 is 1.60 bits per heavy atom. The highest BCUT2D eigenvalue weighted by Gasteiger charge is 2.09. The van der Waals surface area contributed by atoms with Crippen molar-refractivity contribution in [1.82, 2.24) is 0 Å². The maximum Gasteiger partial charge on any atom is 0.339 e. The van der Waals surface area contributed by atoms with Gasteiger partial charge in [0.15, 0.2) is 0 Å². The highest BCUT2D eigenvalue weighted by atomic mass is 32.1. The third-order valence-corrected chi connectivity index (χ3v) is 2.11. The van der Waals surface area contributed by atoms with Gasteiger partial charge in [-0.3, -0.25) is 0 Å². The summed E-state index contributed by atoms with van der Waals surface area (Å²) in [5, 5.41) is 0. The second-order valence-corrected chi connectivity index (χ2v) is 3.29. The Labute approximate surface area is 94.3 Å². The van der Waals surface area contributed by atoms with Crippen LogP contribution in [0.2, 0.25) is 0 Å². The molecule has 0 spiro atoms. The van der Waals surface area contributed by atoms with Crippen molar-refractivity contribution < 1.29 is 9.53 Å². The quantitative estimate of drug-likeness (QED) is 0.468. The van der Waals surface area contributed by atoms with Crippen molar-refractivity contribution in [3.05, 3.63) is 35.4 Å². The molecule has 2 N–H and O–H groups in total. The lowest BCUT2D eigenvalue weighted by Crippen LogP contribution is -2.05. The normalized spacial score (nSPS) is 10.5. The first kappa shape index (κ1) is 11.7. The average Bonchev–Trinajstić information content (AvgIpc) is 2.27. The lowest BCUT2D eigenvalue weighted by atomic mass is 10.1. The van der Waals surface area contributed by atoms with Crippen LogP contribution in [0.5, 0.6) is 0 Å². The van der Waals surface area contributed by atoms with Crippen LogP contribution in [0.4, 0.5) is 5.69 Å². The zero-order valence-electron chi connectivity index (χ0n) is 8.43. The molecule has 0 aliphatic rings. The van der Waals surface area contributed by atoms with Gasteiger partial charge in [-0.25, -0.2) is 4.79 Å². The zero-order chi connectivity index (χ0) is 11.3. The third-order valence-electron chi connectivity index (χ3n) is 1.90. The summed E-state index contributed by atoms with van der Waals surface area (Å²) in [6, 6.07) is 5.22. The number of carbonyl (C=O) groups is 1. The van der Waals surface area contributed by atoms with E-state index in [2.05, 4.69) is 17.4 Å². The molecular weight excluding hydrogens is 210 g/mol. The third kappa shape index (κ3) is 3.02. The smallest absolute Gasteiger partial charge is 0.339 e. The Kier molecular flexibility index (Phi) is 4.24. The summed E-state index contributed by atoms with van der Waals surface area (Å²) in [5.74, 6) is 0.228. The number of thiol groups is 1. The molecule has 0 saturated heterocycles. The Hall–Kier alpha value is -1.42. The summed E-state index contributed by atoms with van der Waals surface area (Å²) in [6.45, 7) is 0. The Morgan fingerprint density at radius 2 is 2.33 bits per heavy atom. The molecule has 0 saturated carbocycles. The number of nitrogens with two attached hydrogens (primary N) is 1. The molecule has 0 aromatic heterocycles. The van der Waals surface area contributed by atoms with E-state index in [0.29, 0.717) is 17.0 Å². The van der Waals surface area contributed by atoms with E-state index in [9.17, 15) is 4.79 Å². The number of esters is 1. The van der Waals surface area contributed by atoms with Crippen LogP contribution in [0.15, 0.2) is 24.3 Å². The second kappa shape index (κ2) is 5.46. The number of anilines is 1. The number of ether oxygens (including phenoxy) is 1. The fraction of sp³-hybridized carbons (Fsp3) is 0.182. The molecule has 3 nitrogen and oxygen atoms in total. The summed E-state index contributed by atoms with van der Waals surface area (Å²) in [6.07, 6.45) is 3.76. The fourth-order valence-electron chi connectivity index (χ4n) is 1.15. The molecule has 0 atom stereocenters. The van der Waals surface area contributed by atoms with Crippen LogP contribution < -0.4 is 5.73 Å². The van der Waals surface area contributed by atoms with Gasteiger partial charge in [-0.2, -0.15) is 12.6 Å². The van der Waals surface area contributed by atoms with E-state index in [-0.39, 0.29) is 0 Å². The molecule has 0 aliphatic heterocycles. The van der Waals surface area contributed by atoms with E-state index < -0.39 is 5.97 Å². The lowest BCUT2D eigenvalue weighted by Gasteiger charge is -2.04. The molecule has 80 valence electrons. The molecule has 1 aromatic carbocycles. The minimum Gasteiger partial charge on any atom is -0.465 e. The number of benzene rings is 1. The standard InChI is InChI=1S/C11H13NO2S/c1-14-11(13)9-7-8(3-2-6-15)4-5-10(9)12/h2-5,7,15H,6,12H2,1H3. The average molecular weight is 223 g/mol. The molecule has 0 heterocycles. The van der Waals surface area contributed by atoms with E-state index in [1.54, 1.807) is 12.1 Å². The molecule has 0 bridgehead atoms. The summed E-state index contributed by atoms with van der Waals surface area (Å²) in [4.78, 5) is 11.3. The molecule has 0 aliphatic carbocycles. The second-order valence-electron chi connectivity index (χ2n) is 2.92. The molecule has 4 heteroatoms. The number of carbonyl (C=O) groups excluding carboxylic acids is 1. The van der Waals surface area contributed by atoms with Crippen molar-refractivity contribution in [3.63, 3.8) is 0 Å². The van der Waals surface area contributed by atoms with Gasteiger partial charge in [-0.1, -0.05) is 18.2 Å². The number of hydrogen-bond donors (Lipinski definition) is 2. The molecule has 0 amide bonds. The molecule has 0 fully saturated rings. The summed E-state index contributed by atoms with van der Waals surface area (Å²) in [7, 11) is 1.33. The molecule has 0 radical (unpaired) electrons. The van der Waals surface area contributed by atoms with Crippen molar-refractivity contribution in [1.29, 1.82) is 0 Å². The number of rotatable bonds is 3. The first-order valence-corrected chi connectivity index (χ1v) is 5.07. The maximum atomic E-state index is 11.3. The van der Waals surface area contributed by atoms with Crippen LogP contribution in [0.1, 0.15) is 15.9 Å². The molecule has 1 aromatic rings. The predicted octanol–water partition coefficient (Wildman–Crippen LogP) is 2.00. The Bertz CT molecular complexity index is 388. The minimum absolute atomic E-state index is 0.388. The minimum atomic E-state index is -0.423. The number of hydrogen-bond acceptors (Lipinski definition) is 4. The van der Waals surface area contributed by atoms with Gasteiger partial charge in [0.05, 0.1) is 12.7 Å². The zero-order valence-corrected chi connectivity index (χ0v) is 9.33. The summed E-state index contributed by atoms with van der Waals surface area (Å²) < 4.78 is 4.62. The van der Waals surface area contributed by atoms with Gasteiger partial charge in [0.25, 0.3) is 0 Å². The van der Waals surface area contributed by atoms with Gasteiger partial charge in [-0.05, 0) is 17.7 Å². The monoisotopic (exact) mass is 223 g/mol. The van der Waals surface area contributed by atoms with E-state index in [1.165, 1.54) is 7.11 Å². The highest BCUT2D eigenvalue weighted by molar-refractivity contribution is 7.80. The molecular formula is C11H13NO2S. The van der Waals surface area contributed by atoms with Gasteiger partial charge in [0.1, 0.15) is 0 Å². The van der Waals surface area contributed by atoms with Crippen molar-refractivity contribution >= 4 is 30.4 Å². The van der Waals surface area contributed by atoms with Crippen LogP contribution in [-0.2, 0) is 4.74 Å². The fourth-order valence-corrected chi connectivity index (χ4v) is 1.26. The summed E-state index contributed by atoms with van der Waals surface area (Å²) in [5.41, 5.74) is 7.37. The van der Waals surface area contributed by atoms with Crippen molar-refractivity contribution in [2.45, 2.75) is 0 Å². The van der Waals surface area contributed by atoms with Gasteiger partial charge >= 0.3 is 5.97 Å². The SMILES string of the molecule is COC(=O)c1cc(C=CCS)ccc1N. The first-order chi connectivity index (χ1) is 7.19. The molecule has 1 rings (SSSR count). The van der Waals surface area contributed by atoms with Crippen LogP contribution >= 0.6 is 12.6 Å². The highest BCUT2D eigenvalue weighted by Crippen LogP contribution is 2.16. The first-order valence-electron chi connectivity index (χ1n) is 4.44. The largest absolute Gasteiger partial charge is 0.465 e. The van der Waals surface area contributed by atoms with E-state index in [4.69, 9.17) is 5.73 Å². The van der Waals surface area contributed by atoms with Gasteiger partial charge in [-0.15, -0.1) is 0 Å². The van der Waals surface area contributed by atoms with Gasteiger partial charge < -0.3 is 10.5 Å². The van der Waals surface area contributed by atoms with Crippen LogP contribution in [0.25, 0.3) is 6.08 Å². The molecule has 15 heavy (non-hydrogen) atoms.